The molecular formula is C12H19NO2. The predicted molar refractivity (Wildman–Crippen MR) is 60.7 cm³/mol. The molecule has 84 valence electrons. The van der Waals surface area contributed by atoms with Crippen LogP contribution in [0, 0.1) is 0 Å². The molecule has 0 radical (unpaired) electrons. The van der Waals surface area contributed by atoms with Crippen LogP contribution in [0.3, 0.4) is 0 Å². The first-order valence-electron chi connectivity index (χ1n) is 5.18. The third-order valence-electron chi connectivity index (χ3n) is 1.97. The van der Waals surface area contributed by atoms with E-state index in [1.54, 1.807) is 4.90 Å². The van der Waals surface area contributed by atoms with Crippen LogP contribution < -0.4 is 0 Å². The van der Waals surface area contributed by atoms with Crippen LogP contribution >= 0.6 is 0 Å². The Hall–Kier alpha value is -1.25. The SMILES string of the molecule is C=C1CC=CCN(C(=O)OC(C)(C)C)C1. The molecule has 1 heterocycles. The Morgan fingerprint density at radius 3 is 2.73 bits per heavy atom. The van der Waals surface area contributed by atoms with Crippen LogP contribution in [0.5, 0.6) is 0 Å². The van der Waals surface area contributed by atoms with Gasteiger partial charge in [0.2, 0.25) is 0 Å². The highest BCUT2D eigenvalue weighted by Crippen LogP contribution is 2.13. The van der Waals surface area contributed by atoms with E-state index >= 15 is 0 Å². The number of carbonyl (C=O) groups excluding carboxylic acids is 1. The fourth-order valence-electron chi connectivity index (χ4n) is 1.32. The van der Waals surface area contributed by atoms with Gasteiger partial charge in [-0.15, -0.1) is 0 Å². The molecule has 15 heavy (non-hydrogen) atoms. The molecule has 3 heteroatoms. The quantitative estimate of drug-likeness (QED) is 0.574. The average molecular weight is 209 g/mol. The third kappa shape index (κ3) is 4.19. The normalized spacial score (nSPS) is 17.5. The zero-order valence-corrected chi connectivity index (χ0v) is 9.75. The van der Waals surface area contributed by atoms with Crippen LogP contribution in [0.25, 0.3) is 0 Å². The van der Waals surface area contributed by atoms with Gasteiger partial charge in [0.15, 0.2) is 0 Å². The molecule has 0 N–H and O–H groups in total. The number of hydrogen-bond acceptors (Lipinski definition) is 2. The lowest BCUT2D eigenvalue weighted by Gasteiger charge is -2.26. The van der Waals surface area contributed by atoms with Gasteiger partial charge < -0.3 is 9.64 Å². The van der Waals surface area contributed by atoms with E-state index in [9.17, 15) is 4.79 Å². The summed E-state index contributed by atoms with van der Waals surface area (Å²) < 4.78 is 5.29. The molecule has 1 aliphatic rings. The molecule has 0 aromatic rings. The van der Waals surface area contributed by atoms with Crippen molar-refractivity contribution in [1.29, 1.82) is 0 Å². The van der Waals surface area contributed by atoms with Crippen LogP contribution in [-0.4, -0.2) is 29.7 Å². The fourth-order valence-corrected chi connectivity index (χ4v) is 1.32. The lowest BCUT2D eigenvalue weighted by Crippen LogP contribution is -2.37. The van der Waals surface area contributed by atoms with E-state index < -0.39 is 5.60 Å². The molecule has 0 bridgehead atoms. The fraction of sp³-hybridized carbons (Fsp3) is 0.583. The maximum absolute atomic E-state index is 11.7. The van der Waals surface area contributed by atoms with Crippen molar-refractivity contribution in [3.05, 3.63) is 24.3 Å². The summed E-state index contributed by atoms with van der Waals surface area (Å²) in [5.74, 6) is 0. The van der Waals surface area contributed by atoms with Crippen molar-refractivity contribution in [3.8, 4) is 0 Å². The van der Waals surface area contributed by atoms with Gasteiger partial charge in [0.1, 0.15) is 5.60 Å². The molecule has 0 aliphatic carbocycles. The van der Waals surface area contributed by atoms with Crippen molar-refractivity contribution >= 4 is 6.09 Å². The molecule has 1 rings (SSSR count). The Labute approximate surface area is 91.4 Å². The summed E-state index contributed by atoms with van der Waals surface area (Å²) in [7, 11) is 0. The highest BCUT2D eigenvalue weighted by atomic mass is 16.6. The van der Waals surface area contributed by atoms with Gasteiger partial charge in [-0.1, -0.05) is 24.3 Å². The zero-order chi connectivity index (χ0) is 11.5. The van der Waals surface area contributed by atoms with Crippen molar-refractivity contribution in [1.82, 2.24) is 4.90 Å². The van der Waals surface area contributed by atoms with Crippen LogP contribution in [0.1, 0.15) is 27.2 Å². The van der Waals surface area contributed by atoms with Crippen molar-refractivity contribution in [3.63, 3.8) is 0 Å². The van der Waals surface area contributed by atoms with Crippen molar-refractivity contribution < 1.29 is 9.53 Å². The van der Waals surface area contributed by atoms with E-state index in [4.69, 9.17) is 4.74 Å². The van der Waals surface area contributed by atoms with Gasteiger partial charge in [-0.2, -0.15) is 0 Å². The molecule has 1 amide bonds. The number of nitrogens with zero attached hydrogens (tertiary/aromatic N) is 1. The van der Waals surface area contributed by atoms with E-state index in [1.807, 2.05) is 32.9 Å². The predicted octanol–water partition coefficient (Wildman–Crippen LogP) is 2.74. The van der Waals surface area contributed by atoms with E-state index in [0.717, 1.165) is 12.0 Å². The number of amides is 1. The molecule has 0 unspecified atom stereocenters. The van der Waals surface area contributed by atoms with Gasteiger partial charge in [-0.25, -0.2) is 4.79 Å². The second-order valence-electron chi connectivity index (χ2n) is 4.79. The molecule has 0 fully saturated rings. The summed E-state index contributed by atoms with van der Waals surface area (Å²) in [6.45, 7) is 10.7. The molecule has 0 aromatic heterocycles. The topological polar surface area (TPSA) is 29.5 Å². The zero-order valence-electron chi connectivity index (χ0n) is 9.75. The monoisotopic (exact) mass is 209 g/mol. The summed E-state index contributed by atoms with van der Waals surface area (Å²) in [6, 6.07) is 0. The number of carbonyl (C=O) groups is 1. The summed E-state index contributed by atoms with van der Waals surface area (Å²) in [5.41, 5.74) is 0.601. The van der Waals surface area contributed by atoms with Gasteiger partial charge in [0.05, 0.1) is 0 Å². The van der Waals surface area contributed by atoms with E-state index in [0.29, 0.717) is 13.1 Å². The molecule has 0 atom stereocenters. The summed E-state index contributed by atoms with van der Waals surface area (Å²) in [5, 5.41) is 0. The van der Waals surface area contributed by atoms with Crippen molar-refractivity contribution in [2.45, 2.75) is 32.8 Å². The average Bonchev–Trinajstić information content (AvgIpc) is 2.26. The smallest absolute Gasteiger partial charge is 0.410 e. The lowest BCUT2D eigenvalue weighted by molar-refractivity contribution is 0.0289. The van der Waals surface area contributed by atoms with Crippen LogP contribution in [0.4, 0.5) is 4.79 Å². The Morgan fingerprint density at radius 2 is 2.13 bits per heavy atom. The molecule has 0 saturated heterocycles. The van der Waals surface area contributed by atoms with Gasteiger partial charge in [0.25, 0.3) is 0 Å². The largest absolute Gasteiger partial charge is 0.444 e. The van der Waals surface area contributed by atoms with E-state index in [-0.39, 0.29) is 6.09 Å². The molecule has 0 spiro atoms. The third-order valence-corrected chi connectivity index (χ3v) is 1.97. The number of hydrogen-bond donors (Lipinski definition) is 0. The summed E-state index contributed by atoms with van der Waals surface area (Å²) >= 11 is 0. The maximum atomic E-state index is 11.7. The van der Waals surface area contributed by atoms with Crippen LogP contribution in [0.2, 0.25) is 0 Å². The van der Waals surface area contributed by atoms with Gasteiger partial charge in [-0.05, 0) is 27.2 Å². The summed E-state index contributed by atoms with van der Waals surface area (Å²) in [4.78, 5) is 13.4. The highest BCUT2D eigenvalue weighted by Gasteiger charge is 2.22. The van der Waals surface area contributed by atoms with Gasteiger partial charge >= 0.3 is 6.09 Å². The number of rotatable bonds is 0. The number of ether oxygens (including phenoxy) is 1. The van der Waals surface area contributed by atoms with Crippen LogP contribution in [-0.2, 0) is 4.74 Å². The minimum absolute atomic E-state index is 0.268. The van der Waals surface area contributed by atoms with E-state index in [1.165, 1.54) is 0 Å². The van der Waals surface area contributed by atoms with Crippen molar-refractivity contribution in [2.24, 2.45) is 0 Å². The Balaban J connectivity index is 2.59. The molecule has 0 saturated carbocycles. The standard InChI is InChI=1S/C12H19NO2/c1-10-7-5-6-8-13(9-10)11(14)15-12(2,3)4/h5-6H,1,7-9H2,2-4H3. The summed E-state index contributed by atoms with van der Waals surface area (Å²) in [6.07, 6.45) is 4.59. The first kappa shape index (κ1) is 11.8. The molecule has 1 aliphatic heterocycles. The molecule has 0 aromatic carbocycles. The second-order valence-corrected chi connectivity index (χ2v) is 4.79. The van der Waals surface area contributed by atoms with Gasteiger partial charge in [0, 0.05) is 13.1 Å². The van der Waals surface area contributed by atoms with Gasteiger partial charge in [-0.3, -0.25) is 0 Å². The molecule has 3 nitrogen and oxygen atoms in total. The lowest BCUT2D eigenvalue weighted by atomic mass is 10.2. The molecular weight excluding hydrogens is 190 g/mol. The Morgan fingerprint density at radius 1 is 1.47 bits per heavy atom. The Kier molecular flexibility index (Phi) is 3.56. The minimum atomic E-state index is -0.436. The number of allylic oxidation sites excluding steroid dienone is 1. The minimum Gasteiger partial charge on any atom is -0.444 e. The van der Waals surface area contributed by atoms with Crippen LogP contribution in [0.15, 0.2) is 24.3 Å². The highest BCUT2D eigenvalue weighted by molar-refractivity contribution is 5.68. The maximum Gasteiger partial charge on any atom is 0.410 e. The Bertz CT molecular complexity index is 286. The second kappa shape index (κ2) is 4.51. The van der Waals surface area contributed by atoms with E-state index in [2.05, 4.69) is 6.58 Å². The first-order chi connectivity index (χ1) is 6.88. The first-order valence-corrected chi connectivity index (χ1v) is 5.18. The van der Waals surface area contributed by atoms with Crippen molar-refractivity contribution in [2.75, 3.05) is 13.1 Å².